The summed E-state index contributed by atoms with van der Waals surface area (Å²) in [5.41, 5.74) is 1.80. The van der Waals surface area contributed by atoms with Crippen LogP contribution >= 0.6 is 0 Å². The molecule has 4 aromatic carbocycles. The molecule has 4 aromatic rings. The Morgan fingerprint density at radius 2 is 1.37 bits per heavy atom. The highest BCUT2D eigenvalue weighted by molar-refractivity contribution is 5.73. The Kier molecular flexibility index (Phi) is 10.7. The van der Waals surface area contributed by atoms with Crippen molar-refractivity contribution in [3.8, 4) is 22.3 Å². The topological polar surface area (TPSA) is 9.23 Å². The van der Waals surface area contributed by atoms with Gasteiger partial charge >= 0.3 is 6.11 Å². The number of ether oxygens (including phenoxy) is 1. The lowest BCUT2D eigenvalue weighted by atomic mass is 9.82. The Bertz CT molecular complexity index is 1630. The molecule has 0 saturated heterocycles. The molecule has 0 spiro atoms. The fraction of sp³-hybridized carbons (Fsp3) is 0.316. The Balaban J connectivity index is 1.19. The molecule has 0 bridgehead atoms. The third-order valence-corrected chi connectivity index (χ3v) is 8.72. The summed E-state index contributed by atoms with van der Waals surface area (Å²) in [6.07, 6.45) is 2.07. The predicted molar refractivity (Wildman–Crippen MR) is 167 cm³/mol. The lowest BCUT2D eigenvalue weighted by Crippen LogP contribution is -2.29. The molecule has 8 heteroatoms. The van der Waals surface area contributed by atoms with Crippen molar-refractivity contribution in [1.82, 2.24) is 0 Å². The number of unbranched alkanes of at least 4 members (excludes halogenated alkanes) is 2. The Morgan fingerprint density at radius 1 is 0.761 bits per heavy atom. The van der Waals surface area contributed by atoms with Gasteiger partial charge in [0.25, 0.3) is 0 Å². The van der Waals surface area contributed by atoms with Crippen molar-refractivity contribution in [3.63, 3.8) is 0 Å². The minimum absolute atomic E-state index is 0.0988. The van der Waals surface area contributed by atoms with Crippen LogP contribution in [0, 0.1) is 17.5 Å². The molecule has 1 nitrogen and oxygen atoms in total. The van der Waals surface area contributed by atoms with Gasteiger partial charge in [-0.25, -0.2) is 22.0 Å². The SMILES string of the molecule is CCCCCc1ccc(C(F)(F)OC2CCC(c3ccc(-c4ccc(-c5cc(F)c(/C(F)=C/F)c(F)c5)c(F)c4)cc3)CC2)cc1. The van der Waals surface area contributed by atoms with Crippen LogP contribution in [0.4, 0.5) is 30.7 Å². The summed E-state index contributed by atoms with van der Waals surface area (Å²) >= 11 is 0. The highest BCUT2D eigenvalue weighted by Gasteiger charge is 2.37. The van der Waals surface area contributed by atoms with Crippen molar-refractivity contribution in [3.05, 3.63) is 125 Å². The van der Waals surface area contributed by atoms with Crippen molar-refractivity contribution < 1.29 is 35.5 Å². The number of benzene rings is 4. The number of aryl methyl sites for hydroxylation is 1. The summed E-state index contributed by atoms with van der Waals surface area (Å²) in [6, 6.07) is 19.7. The van der Waals surface area contributed by atoms with Crippen LogP contribution in [0.2, 0.25) is 0 Å². The van der Waals surface area contributed by atoms with Gasteiger partial charge in [-0.1, -0.05) is 80.4 Å². The average Bonchev–Trinajstić information content (AvgIpc) is 3.05. The maximum Gasteiger partial charge on any atom is 0.383 e. The van der Waals surface area contributed by atoms with Gasteiger partial charge in [-0.15, -0.1) is 0 Å². The molecular weight excluding hydrogens is 605 g/mol. The fourth-order valence-electron chi connectivity index (χ4n) is 6.12. The standard InChI is InChI=1S/C38H35F7O/c1-2-3-4-5-24-6-15-30(16-7-24)38(44,45)46-31-17-12-26(13-18-31)25-8-10-27(11-9-25)28-14-19-32(33(40)20-28)29-21-34(41)37(35(42)22-29)36(43)23-39/h6-11,14-16,19-23,26,31H,2-5,12-13,17-18H2,1H3/b36-23-. The zero-order valence-corrected chi connectivity index (χ0v) is 25.4. The highest BCUT2D eigenvalue weighted by Crippen LogP contribution is 2.40. The van der Waals surface area contributed by atoms with Crippen molar-refractivity contribution in [2.45, 2.75) is 76.4 Å². The van der Waals surface area contributed by atoms with Crippen LogP contribution in [0.3, 0.4) is 0 Å². The second-order valence-electron chi connectivity index (χ2n) is 11.9. The normalized spacial score (nSPS) is 17.3. The summed E-state index contributed by atoms with van der Waals surface area (Å²) in [5, 5.41) is 0. The third kappa shape index (κ3) is 7.72. The highest BCUT2D eigenvalue weighted by atomic mass is 19.3. The van der Waals surface area contributed by atoms with E-state index < -0.39 is 47.4 Å². The molecular formula is C38H35F7O. The van der Waals surface area contributed by atoms with Gasteiger partial charge in [0.2, 0.25) is 0 Å². The van der Waals surface area contributed by atoms with Gasteiger partial charge < -0.3 is 4.74 Å². The van der Waals surface area contributed by atoms with Crippen LogP contribution in [0.1, 0.15) is 80.0 Å². The molecule has 242 valence electrons. The molecule has 5 rings (SSSR count). The molecule has 0 aliphatic heterocycles. The van der Waals surface area contributed by atoms with Crippen molar-refractivity contribution >= 4 is 5.83 Å². The van der Waals surface area contributed by atoms with Gasteiger partial charge in [0.1, 0.15) is 23.8 Å². The molecule has 1 aliphatic carbocycles. The van der Waals surface area contributed by atoms with E-state index in [2.05, 4.69) is 6.92 Å². The molecule has 0 heterocycles. The number of alkyl halides is 2. The van der Waals surface area contributed by atoms with Crippen molar-refractivity contribution in [2.24, 2.45) is 0 Å². The van der Waals surface area contributed by atoms with E-state index in [4.69, 9.17) is 4.74 Å². The number of halogens is 7. The second-order valence-corrected chi connectivity index (χ2v) is 11.9. The maximum absolute atomic E-state index is 15.1. The summed E-state index contributed by atoms with van der Waals surface area (Å²) in [7, 11) is 0. The molecule has 0 unspecified atom stereocenters. The molecule has 1 fully saturated rings. The van der Waals surface area contributed by atoms with Gasteiger partial charge in [0, 0.05) is 5.56 Å². The van der Waals surface area contributed by atoms with Crippen LogP contribution in [0.15, 0.2) is 85.2 Å². The van der Waals surface area contributed by atoms with E-state index in [0.29, 0.717) is 36.8 Å². The zero-order chi connectivity index (χ0) is 32.8. The Morgan fingerprint density at radius 3 is 1.96 bits per heavy atom. The van der Waals surface area contributed by atoms with Crippen LogP contribution in [0.25, 0.3) is 28.1 Å². The molecule has 0 radical (unpaired) electrons. The fourth-order valence-corrected chi connectivity index (χ4v) is 6.12. The van der Waals surface area contributed by atoms with Gasteiger partial charge in [-0.05, 0) is 90.5 Å². The minimum Gasteiger partial charge on any atom is -0.313 e. The van der Waals surface area contributed by atoms with E-state index in [-0.39, 0.29) is 22.6 Å². The Hall–Kier alpha value is -3.91. The smallest absolute Gasteiger partial charge is 0.313 e. The second kappa shape index (κ2) is 14.7. The largest absolute Gasteiger partial charge is 0.383 e. The van der Waals surface area contributed by atoms with Gasteiger partial charge in [-0.2, -0.15) is 8.78 Å². The van der Waals surface area contributed by atoms with Gasteiger partial charge in [-0.3, -0.25) is 0 Å². The lowest BCUT2D eigenvalue weighted by molar-refractivity contribution is -0.277. The van der Waals surface area contributed by atoms with E-state index in [1.54, 1.807) is 18.2 Å². The molecule has 0 N–H and O–H groups in total. The van der Waals surface area contributed by atoms with Gasteiger partial charge in [0.05, 0.1) is 17.2 Å². The minimum atomic E-state index is -3.36. The first-order chi connectivity index (χ1) is 22.1. The first-order valence-electron chi connectivity index (χ1n) is 15.6. The molecule has 1 saturated carbocycles. The number of hydrogen-bond donors (Lipinski definition) is 0. The van der Waals surface area contributed by atoms with E-state index in [0.717, 1.165) is 48.9 Å². The zero-order valence-electron chi connectivity index (χ0n) is 25.4. The summed E-state index contributed by atoms with van der Waals surface area (Å²) < 4.78 is 105. The molecule has 0 atom stereocenters. The van der Waals surface area contributed by atoms with Crippen LogP contribution in [0.5, 0.6) is 0 Å². The molecule has 1 aliphatic rings. The number of hydrogen-bond acceptors (Lipinski definition) is 1. The Labute approximate surface area is 264 Å². The van der Waals surface area contributed by atoms with E-state index >= 15 is 4.39 Å². The van der Waals surface area contributed by atoms with Crippen molar-refractivity contribution in [1.29, 1.82) is 0 Å². The first-order valence-corrected chi connectivity index (χ1v) is 15.6. The molecule has 0 amide bonds. The lowest BCUT2D eigenvalue weighted by Gasteiger charge is -2.31. The van der Waals surface area contributed by atoms with Crippen molar-refractivity contribution in [2.75, 3.05) is 0 Å². The summed E-state index contributed by atoms with van der Waals surface area (Å²) in [5.74, 6) is -4.96. The van der Waals surface area contributed by atoms with E-state index in [9.17, 15) is 26.3 Å². The summed E-state index contributed by atoms with van der Waals surface area (Å²) in [6.45, 7) is 2.12. The van der Waals surface area contributed by atoms with Crippen LogP contribution in [-0.2, 0) is 17.3 Å². The first kappa shape index (κ1) is 33.5. The monoisotopic (exact) mass is 640 g/mol. The predicted octanol–water partition coefficient (Wildman–Crippen LogP) is 12.2. The van der Waals surface area contributed by atoms with Gasteiger partial charge in [0.15, 0.2) is 5.83 Å². The van der Waals surface area contributed by atoms with E-state index in [1.165, 1.54) is 24.3 Å². The average molecular weight is 641 g/mol. The molecule has 46 heavy (non-hydrogen) atoms. The van der Waals surface area contributed by atoms with Crippen LogP contribution < -0.4 is 0 Å². The summed E-state index contributed by atoms with van der Waals surface area (Å²) in [4.78, 5) is 0. The van der Waals surface area contributed by atoms with E-state index in [1.807, 2.05) is 24.3 Å². The van der Waals surface area contributed by atoms with Crippen LogP contribution in [-0.4, -0.2) is 6.10 Å². The number of rotatable bonds is 11. The maximum atomic E-state index is 15.1. The molecule has 0 aromatic heterocycles. The third-order valence-electron chi connectivity index (χ3n) is 8.72. The quantitative estimate of drug-likeness (QED) is 0.117.